The summed E-state index contributed by atoms with van der Waals surface area (Å²) in [5.74, 6) is 0.00936. The first-order chi connectivity index (χ1) is 9.93. The Kier molecular flexibility index (Phi) is 3.56. The van der Waals surface area contributed by atoms with Crippen LogP contribution in [-0.4, -0.2) is 29.9 Å². The number of thiophene rings is 1. The van der Waals surface area contributed by atoms with Crippen LogP contribution >= 0.6 is 11.3 Å². The van der Waals surface area contributed by atoms with E-state index in [1.165, 1.54) is 4.31 Å². The molecular formula is C12H13N3O4S2. The Morgan fingerprint density at radius 2 is 2.33 bits per heavy atom. The molecule has 0 bridgehead atoms. The first-order valence-corrected chi connectivity index (χ1v) is 8.90. The molecule has 7 nitrogen and oxygen atoms in total. The number of carbonyl (C=O) groups is 1. The lowest BCUT2D eigenvalue weighted by molar-refractivity contribution is 0.0913. The molecule has 0 aliphatic carbocycles. The molecule has 1 N–H and O–H groups in total. The Bertz CT molecular complexity index is 741. The Balaban J connectivity index is 1.66. The van der Waals surface area contributed by atoms with E-state index in [-0.39, 0.29) is 19.0 Å². The number of nitrogens with one attached hydrogen (secondary N) is 1. The zero-order valence-corrected chi connectivity index (χ0v) is 12.8. The number of carbonyl (C=O) groups excluding carboxylic acids is 1. The van der Waals surface area contributed by atoms with E-state index in [9.17, 15) is 13.2 Å². The van der Waals surface area contributed by atoms with Gasteiger partial charge in [-0.1, -0.05) is 6.07 Å². The minimum Gasteiger partial charge on any atom is -0.436 e. The summed E-state index contributed by atoms with van der Waals surface area (Å²) in [4.78, 5) is 17.0. The van der Waals surface area contributed by atoms with E-state index in [4.69, 9.17) is 4.42 Å². The van der Waals surface area contributed by atoms with Gasteiger partial charge in [0.15, 0.2) is 0 Å². The third kappa shape index (κ3) is 2.99. The highest BCUT2D eigenvalue weighted by Crippen LogP contribution is 2.25. The highest BCUT2D eigenvalue weighted by molar-refractivity contribution is 7.88. The quantitative estimate of drug-likeness (QED) is 0.902. The highest BCUT2D eigenvalue weighted by Gasteiger charge is 2.32. The molecule has 2 aromatic heterocycles. The largest absolute Gasteiger partial charge is 0.436 e. The van der Waals surface area contributed by atoms with Crippen LogP contribution in [0.3, 0.4) is 0 Å². The van der Waals surface area contributed by atoms with Crippen LogP contribution in [0.2, 0.25) is 0 Å². The van der Waals surface area contributed by atoms with E-state index >= 15 is 0 Å². The van der Waals surface area contributed by atoms with Crippen LogP contribution in [-0.2, 0) is 29.7 Å². The number of sulfonamides is 1. The Morgan fingerprint density at radius 1 is 1.52 bits per heavy atom. The second-order valence-electron chi connectivity index (χ2n) is 4.68. The van der Waals surface area contributed by atoms with Crippen molar-refractivity contribution in [3.8, 4) is 0 Å². The van der Waals surface area contributed by atoms with Crippen molar-refractivity contribution in [3.63, 3.8) is 0 Å². The number of aromatic nitrogens is 1. The summed E-state index contributed by atoms with van der Waals surface area (Å²) in [7, 11) is -3.28. The van der Waals surface area contributed by atoms with Gasteiger partial charge in [0.25, 0.3) is 5.89 Å². The summed E-state index contributed by atoms with van der Waals surface area (Å²) in [5, 5.41) is 4.65. The normalized spacial score (nSPS) is 15.1. The number of oxazole rings is 1. The first kappa shape index (κ1) is 14.2. The predicted molar refractivity (Wildman–Crippen MR) is 76.1 cm³/mol. The maximum Gasteiger partial charge on any atom is 0.307 e. The molecule has 0 spiro atoms. The van der Waals surface area contributed by atoms with Crippen molar-refractivity contribution in [2.24, 2.45) is 0 Å². The molecule has 0 aromatic carbocycles. The molecule has 3 heterocycles. The first-order valence-electron chi connectivity index (χ1n) is 6.18. The van der Waals surface area contributed by atoms with E-state index in [1.807, 2.05) is 17.5 Å². The molecule has 0 saturated heterocycles. The fraction of sp³-hybridized carbons (Fsp3) is 0.333. The Morgan fingerprint density at radius 3 is 2.95 bits per heavy atom. The number of amides is 1. The van der Waals surface area contributed by atoms with Gasteiger partial charge in [0.1, 0.15) is 5.76 Å². The third-order valence-electron chi connectivity index (χ3n) is 3.09. The number of fused-ring (bicyclic) bond motifs is 1. The molecule has 0 saturated carbocycles. The second-order valence-corrected chi connectivity index (χ2v) is 7.70. The van der Waals surface area contributed by atoms with Gasteiger partial charge in [-0.2, -0.15) is 4.31 Å². The van der Waals surface area contributed by atoms with Crippen molar-refractivity contribution in [3.05, 3.63) is 39.7 Å². The van der Waals surface area contributed by atoms with E-state index in [1.54, 1.807) is 11.3 Å². The molecule has 3 rings (SSSR count). The van der Waals surface area contributed by atoms with Crippen molar-refractivity contribution >= 4 is 27.3 Å². The van der Waals surface area contributed by atoms with Crippen LogP contribution in [0, 0.1) is 0 Å². The lowest BCUT2D eigenvalue weighted by atomic mass is 10.4. The molecule has 9 heteroatoms. The van der Waals surface area contributed by atoms with Gasteiger partial charge in [0, 0.05) is 4.88 Å². The second kappa shape index (κ2) is 5.24. The molecule has 2 aromatic rings. The van der Waals surface area contributed by atoms with Gasteiger partial charge in [-0.25, -0.2) is 13.4 Å². The number of hydrogen-bond donors (Lipinski definition) is 1. The summed E-state index contributed by atoms with van der Waals surface area (Å²) in [6, 6.07) is 3.83. The predicted octanol–water partition coefficient (Wildman–Crippen LogP) is 0.941. The number of hydrogen-bond acceptors (Lipinski definition) is 6. The average Bonchev–Trinajstić information content (AvgIpc) is 3.09. The molecular weight excluding hydrogens is 314 g/mol. The van der Waals surface area contributed by atoms with Gasteiger partial charge in [-0.05, 0) is 11.4 Å². The fourth-order valence-corrected chi connectivity index (χ4v) is 3.35. The lowest BCUT2D eigenvalue weighted by Gasteiger charge is -2.10. The zero-order valence-electron chi connectivity index (χ0n) is 11.2. The molecule has 1 aliphatic rings. The van der Waals surface area contributed by atoms with Crippen LogP contribution in [0.5, 0.6) is 0 Å². The molecule has 1 aliphatic heterocycles. The van der Waals surface area contributed by atoms with Gasteiger partial charge in [0.05, 0.1) is 31.6 Å². The maximum atomic E-state index is 11.9. The summed E-state index contributed by atoms with van der Waals surface area (Å²) in [6.45, 7) is 0.689. The highest BCUT2D eigenvalue weighted by atomic mass is 32.2. The van der Waals surface area contributed by atoms with Crippen LogP contribution < -0.4 is 5.32 Å². The fourth-order valence-electron chi connectivity index (χ4n) is 2.00. The van der Waals surface area contributed by atoms with E-state index < -0.39 is 15.9 Å². The molecule has 21 heavy (non-hydrogen) atoms. The van der Waals surface area contributed by atoms with Crippen LogP contribution in [0.15, 0.2) is 21.9 Å². The van der Waals surface area contributed by atoms with Crippen molar-refractivity contribution in [1.29, 1.82) is 0 Å². The average molecular weight is 327 g/mol. The van der Waals surface area contributed by atoms with Crippen molar-refractivity contribution in [2.45, 2.75) is 19.6 Å². The van der Waals surface area contributed by atoms with E-state index in [0.29, 0.717) is 18.0 Å². The summed E-state index contributed by atoms with van der Waals surface area (Å²) >= 11 is 1.55. The SMILES string of the molecule is CS(=O)(=O)N1Cc2nc(C(=O)NCc3cccs3)oc2C1. The molecule has 1 amide bonds. The van der Waals surface area contributed by atoms with Crippen LogP contribution in [0.25, 0.3) is 0 Å². The Hall–Kier alpha value is -1.71. The van der Waals surface area contributed by atoms with Gasteiger partial charge in [-0.15, -0.1) is 11.3 Å². The van der Waals surface area contributed by atoms with Gasteiger partial charge >= 0.3 is 5.91 Å². The monoisotopic (exact) mass is 327 g/mol. The molecule has 112 valence electrons. The number of nitrogens with zero attached hydrogens (tertiary/aromatic N) is 2. The Labute approximate surface area is 125 Å². The van der Waals surface area contributed by atoms with E-state index in [2.05, 4.69) is 10.3 Å². The van der Waals surface area contributed by atoms with Crippen LogP contribution in [0.1, 0.15) is 27.0 Å². The van der Waals surface area contributed by atoms with Crippen molar-refractivity contribution in [1.82, 2.24) is 14.6 Å². The minimum absolute atomic E-state index is 0.0234. The summed E-state index contributed by atoms with van der Waals surface area (Å²) in [6.07, 6.45) is 1.13. The van der Waals surface area contributed by atoms with E-state index in [0.717, 1.165) is 11.1 Å². The minimum atomic E-state index is -3.28. The molecule has 0 radical (unpaired) electrons. The third-order valence-corrected chi connectivity index (χ3v) is 5.16. The standard InChI is InChI=1S/C12H13N3O4S2/c1-21(17,18)15-6-9-10(7-15)19-12(14-9)11(16)13-5-8-3-2-4-20-8/h2-4H,5-7H2,1H3,(H,13,16). The molecule has 0 atom stereocenters. The smallest absolute Gasteiger partial charge is 0.307 e. The number of rotatable bonds is 4. The van der Waals surface area contributed by atoms with Gasteiger partial charge in [0.2, 0.25) is 10.0 Å². The van der Waals surface area contributed by atoms with Crippen molar-refractivity contribution < 1.29 is 17.6 Å². The molecule has 0 unspecified atom stereocenters. The zero-order chi connectivity index (χ0) is 15.0. The summed E-state index contributed by atoms with van der Waals surface area (Å²) in [5.41, 5.74) is 0.502. The van der Waals surface area contributed by atoms with Crippen LogP contribution in [0.4, 0.5) is 0 Å². The van der Waals surface area contributed by atoms with Gasteiger partial charge in [-0.3, -0.25) is 4.79 Å². The maximum absolute atomic E-state index is 11.9. The lowest BCUT2D eigenvalue weighted by Crippen LogP contribution is -2.25. The van der Waals surface area contributed by atoms with Crippen molar-refractivity contribution in [2.75, 3.05) is 6.26 Å². The molecule has 0 fully saturated rings. The topological polar surface area (TPSA) is 92.5 Å². The summed E-state index contributed by atoms with van der Waals surface area (Å²) < 4.78 is 29.5. The van der Waals surface area contributed by atoms with Gasteiger partial charge < -0.3 is 9.73 Å².